The first-order valence-electron chi connectivity index (χ1n) is 3.85. The molecule has 1 atom stereocenters. The maximum absolute atomic E-state index is 10.7. The van der Waals surface area contributed by atoms with Crippen LogP contribution < -0.4 is 0 Å². The zero-order chi connectivity index (χ0) is 9.42. The van der Waals surface area contributed by atoms with Crippen LogP contribution in [0.1, 0.15) is 5.56 Å². The van der Waals surface area contributed by atoms with E-state index in [0.29, 0.717) is 11.4 Å². The highest BCUT2D eigenvalue weighted by Gasteiger charge is 2.27. The van der Waals surface area contributed by atoms with E-state index in [0.717, 1.165) is 10.5 Å². The molecule has 1 aliphatic rings. The van der Waals surface area contributed by atoms with Crippen molar-refractivity contribution in [2.75, 3.05) is 0 Å². The highest BCUT2D eigenvalue weighted by atomic mass is 35.5. The molecule has 0 aliphatic carbocycles. The fourth-order valence-corrected chi connectivity index (χ4v) is 2.74. The molecule has 1 aliphatic heterocycles. The number of hydrogen-bond acceptors (Lipinski definition) is 2. The Hall–Kier alpha value is -0.670. The molecule has 0 amide bonds. The summed E-state index contributed by atoms with van der Waals surface area (Å²) in [6, 6.07) is 5.52. The molecule has 1 aromatic carbocycles. The van der Waals surface area contributed by atoms with Crippen LogP contribution in [-0.4, -0.2) is 16.3 Å². The molecule has 1 N–H and O–H groups in total. The molecule has 2 nitrogen and oxygen atoms in total. The molecular formula is C9H7ClO2S. The number of hydrogen-bond donors (Lipinski definition) is 1. The van der Waals surface area contributed by atoms with Gasteiger partial charge in [-0.15, -0.1) is 11.8 Å². The van der Waals surface area contributed by atoms with Gasteiger partial charge in [-0.3, -0.25) is 4.79 Å². The SMILES string of the molecule is O=C(O)C1Cc2ccc(Cl)cc2S1. The number of thioether (sulfide) groups is 1. The van der Waals surface area contributed by atoms with Crippen LogP contribution in [0.2, 0.25) is 5.02 Å². The van der Waals surface area contributed by atoms with Gasteiger partial charge in [-0.25, -0.2) is 0 Å². The first kappa shape index (κ1) is 8.91. The third kappa shape index (κ3) is 1.67. The molecule has 0 spiro atoms. The number of carboxylic acid groups (broad SMARTS) is 1. The molecule has 1 heterocycles. The van der Waals surface area contributed by atoms with Crippen LogP contribution in [0.5, 0.6) is 0 Å². The van der Waals surface area contributed by atoms with Gasteiger partial charge in [0.1, 0.15) is 5.25 Å². The van der Waals surface area contributed by atoms with E-state index in [-0.39, 0.29) is 5.25 Å². The van der Waals surface area contributed by atoms with Crippen molar-refractivity contribution in [2.24, 2.45) is 0 Å². The molecule has 68 valence electrons. The number of carboxylic acids is 1. The normalized spacial score (nSPS) is 19.9. The van der Waals surface area contributed by atoms with Crippen molar-refractivity contribution in [2.45, 2.75) is 16.6 Å². The van der Waals surface area contributed by atoms with Gasteiger partial charge in [-0.2, -0.15) is 0 Å². The first-order valence-corrected chi connectivity index (χ1v) is 5.10. The van der Waals surface area contributed by atoms with Crippen LogP contribution in [0.4, 0.5) is 0 Å². The van der Waals surface area contributed by atoms with Gasteiger partial charge in [0.25, 0.3) is 0 Å². The Balaban J connectivity index is 2.30. The molecule has 0 bridgehead atoms. The quantitative estimate of drug-likeness (QED) is 0.780. The van der Waals surface area contributed by atoms with E-state index < -0.39 is 5.97 Å². The summed E-state index contributed by atoms with van der Waals surface area (Å²) in [5.74, 6) is -0.752. The van der Waals surface area contributed by atoms with Crippen molar-refractivity contribution in [1.29, 1.82) is 0 Å². The standard InChI is InChI=1S/C9H7ClO2S/c10-6-2-1-5-3-8(9(11)12)13-7(5)4-6/h1-2,4,8H,3H2,(H,11,12). The van der Waals surface area contributed by atoms with Crippen molar-refractivity contribution in [3.8, 4) is 0 Å². The number of rotatable bonds is 1. The topological polar surface area (TPSA) is 37.3 Å². The first-order chi connectivity index (χ1) is 6.16. The highest BCUT2D eigenvalue weighted by Crippen LogP contribution is 2.38. The van der Waals surface area contributed by atoms with Gasteiger partial charge in [0.15, 0.2) is 0 Å². The van der Waals surface area contributed by atoms with E-state index in [2.05, 4.69) is 0 Å². The lowest BCUT2D eigenvalue weighted by molar-refractivity contribution is -0.136. The summed E-state index contributed by atoms with van der Waals surface area (Å²) >= 11 is 7.16. The molecule has 4 heteroatoms. The van der Waals surface area contributed by atoms with Gasteiger partial charge < -0.3 is 5.11 Å². The van der Waals surface area contributed by atoms with Crippen molar-refractivity contribution in [3.63, 3.8) is 0 Å². The maximum Gasteiger partial charge on any atom is 0.317 e. The van der Waals surface area contributed by atoms with Crippen molar-refractivity contribution < 1.29 is 9.90 Å². The molecule has 0 saturated heterocycles. The summed E-state index contributed by atoms with van der Waals surface area (Å²) in [6.07, 6.45) is 0.604. The predicted molar refractivity (Wildman–Crippen MR) is 52.4 cm³/mol. The van der Waals surface area contributed by atoms with Gasteiger partial charge >= 0.3 is 5.97 Å². The summed E-state index contributed by atoms with van der Waals surface area (Å²) in [4.78, 5) is 11.7. The Morgan fingerprint density at radius 1 is 1.62 bits per heavy atom. The lowest BCUT2D eigenvalue weighted by Gasteiger charge is -1.98. The van der Waals surface area contributed by atoms with Gasteiger partial charge in [-0.05, 0) is 24.1 Å². The zero-order valence-electron chi connectivity index (χ0n) is 6.66. The summed E-state index contributed by atoms with van der Waals surface area (Å²) in [5.41, 5.74) is 1.09. The van der Waals surface area contributed by atoms with Crippen LogP contribution >= 0.6 is 23.4 Å². The van der Waals surface area contributed by atoms with Crippen molar-refractivity contribution in [3.05, 3.63) is 28.8 Å². The largest absolute Gasteiger partial charge is 0.480 e. The highest BCUT2D eigenvalue weighted by molar-refractivity contribution is 8.01. The molecule has 2 rings (SSSR count). The second-order valence-electron chi connectivity index (χ2n) is 2.90. The van der Waals surface area contributed by atoms with E-state index in [1.807, 2.05) is 12.1 Å². The van der Waals surface area contributed by atoms with E-state index >= 15 is 0 Å². The van der Waals surface area contributed by atoms with Crippen LogP contribution in [0, 0.1) is 0 Å². The minimum absolute atomic E-state index is 0.339. The zero-order valence-corrected chi connectivity index (χ0v) is 8.23. The average Bonchev–Trinajstić information content (AvgIpc) is 2.46. The second-order valence-corrected chi connectivity index (χ2v) is 4.58. The third-order valence-corrected chi connectivity index (χ3v) is 3.50. The average molecular weight is 215 g/mol. The predicted octanol–water partition coefficient (Wildman–Crippen LogP) is 2.44. The Morgan fingerprint density at radius 2 is 2.38 bits per heavy atom. The van der Waals surface area contributed by atoms with Gasteiger partial charge in [0, 0.05) is 9.92 Å². The lowest BCUT2D eigenvalue weighted by Crippen LogP contribution is -2.14. The van der Waals surface area contributed by atoms with E-state index in [9.17, 15) is 4.79 Å². The molecule has 1 unspecified atom stereocenters. The van der Waals surface area contributed by atoms with Crippen LogP contribution in [-0.2, 0) is 11.2 Å². The van der Waals surface area contributed by atoms with Gasteiger partial charge in [0.05, 0.1) is 0 Å². The van der Waals surface area contributed by atoms with Gasteiger partial charge in [-0.1, -0.05) is 17.7 Å². The Labute approximate surface area is 84.9 Å². The number of fused-ring (bicyclic) bond motifs is 1. The van der Waals surface area contributed by atoms with E-state index in [1.165, 1.54) is 11.8 Å². The molecule has 0 fully saturated rings. The summed E-state index contributed by atoms with van der Waals surface area (Å²) in [6.45, 7) is 0. The summed E-state index contributed by atoms with van der Waals surface area (Å²) in [7, 11) is 0. The fourth-order valence-electron chi connectivity index (χ4n) is 1.34. The third-order valence-electron chi connectivity index (χ3n) is 1.98. The minimum atomic E-state index is -0.752. The number of aliphatic carboxylic acids is 1. The van der Waals surface area contributed by atoms with Crippen molar-refractivity contribution >= 4 is 29.3 Å². The number of benzene rings is 1. The van der Waals surface area contributed by atoms with Gasteiger partial charge in [0.2, 0.25) is 0 Å². The molecule has 0 saturated carbocycles. The van der Waals surface area contributed by atoms with E-state index in [1.54, 1.807) is 6.07 Å². The molecule has 1 aromatic rings. The van der Waals surface area contributed by atoms with Crippen LogP contribution in [0.15, 0.2) is 23.1 Å². The minimum Gasteiger partial charge on any atom is -0.480 e. The molecule has 13 heavy (non-hydrogen) atoms. The maximum atomic E-state index is 10.7. The lowest BCUT2D eigenvalue weighted by atomic mass is 10.1. The van der Waals surface area contributed by atoms with Crippen LogP contribution in [0.25, 0.3) is 0 Å². The molecule has 0 aromatic heterocycles. The van der Waals surface area contributed by atoms with Crippen LogP contribution in [0.3, 0.4) is 0 Å². The summed E-state index contributed by atoms with van der Waals surface area (Å²) in [5, 5.41) is 9.13. The second kappa shape index (κ2) is 3.24. The number of halogens is 1. The fraction of sp³-hybridized carbons (Fsp3) is 0.222. The van der Waals surface area contributed by atoms with E-state index in [4.69, 9.17) is 16.7 Å². The Kier molecular flexibility index (Phi) is 2.22. The number of carbonyl (C=O) groups is 1. The van der Waals surface area contributed by atoms with Crippen molar-refractivity contribution in [1.82, 2.24) is 0 Å². The Bertz CT molecular complexity index is 365. The molecule has 0 radical (unpaired) electrons. The summed E-state index contributed by atoms with van der Waals surface area (Å²) < 4.78 is 0. The molecular weight excluding hydrogens is 208 g/mol. The smallest absolute Gasteiger partial charge is 0.317 e. The monoisotopic (exact) mass is 214 g/mol. The Morgan fingerprint density at radius 3 is 3.08 bits per heavy atom.